The number of pyridine rings is 1. The molecular formula is C17H24N2O4. The van der Waals surface area contributed by atoms with Gasteiger partial charge in [-0.1, -0.05) is 6.07 Å². The molecular weight excluding hydrogens is 296 g/mol. The first-order valence-electron chi connectivity index (χ1n) is 8.14. The standard InChI is InChI=1S/C17H24N2O4/c1-21-12-17(20)19-8-15-13(10-23-16(15)9-19)5-7-22-11-14-4-2-3-6-18-14/h2-4,6,13,15-16H,5,7-12H2,1H3/t13-,15-,16-/m0/s1. The van der Waals surface area contributed by atoms with Crippen molar-refractivity contribution in [1.29, 1.82) is 0 Å². The third-order valence-electron chi connectivity index (χ3n) is 4.67. The number of methoxy groups -OCH3 is 1. The highest BCUT2D eigenvalue weighted by molar-refractivity contribution is 5.77. The fourth-order valence-corrected chi connectivity index (χ4v) is 3.41. The van der Waals surface area contributed by atoms with E-state index in [1.165, 1.54) is 0 Å². The average Bonchev–Trinajstić information content (AvgIpc) is 3.14. The predicted octanol–water partition coefficient (Wildman–Crippen LogP) is 1.11. The minimum Gasteiger partial charge on any atom is -0.376 e. The van der Waals surface area contributed by atoms with E-state index in [4.69, 9.17) is 14.2 Å². The van der Waals surface area contributed by atoms with Crippen LogP contribution in [0.1, 0.15) is 12.1 Å². The number of hydrogen-bond acceptors (Lipinski definition) is 5. The molecule has 1 amide bonds. The van der Waals surface area contributed by atoms with Crippen molar-refractivity contribution in [3.63, 3.8) is 0 Å². The summed E-state index contributed by atoms with van der Waals surface area (Å²) >= 11 is 0. The van der Waals surface area contributed by atoms with E-state index in [-0.39, 0.29) is 18.6 Å². The Hall–Kier alpha value is -1.50. The van der Waals surface area contributed by atoms with Crippen LogP contribution in [0.4, 0.5) is 0 Å². The number of likely N-dealkylation sites (tertiary alicyclic amines) is 1. The van der Waals surface area contributed by atoms with Crippen LogP contribution in [0.3, 0.4) is 0 Å². The molecule has 3 rings (SSSR count). The molecule has 1 aromatic rings. The molecule has 2 saturated heterocycles. The van der Waals surface area contributed by atoms with Gasteiger partial charge >= 0.3 is 0 Å². The van der Waals surface area contributed by atoms with E-state index >= 15 is 0 Å². The van der Waals surface area contributed by atoms with Crippen LogP contribution in [-0.2, 0) is 25.6 Å². The molecule has 0 unspecified atom stereocenters. The van der Waals surface area contributed by atoms with Gasteiger partial charge in [0.15, 0.2) is 0 Å². The summed E-state index contributed by atoms with van der Waals surface area (Å²) in [5.74, 6) is 0.939. The van der Waals surface area contributed by atoms with E-state index in [2.05, 4.69) is 4.98 Å². The third kappa shape index (κ3) is 4.07. The molecule has 6 nitrogen and oxygen atoms in total. The number of hydrogen-bond donors (Lipinski definition) is 0. The van der Waals surface area contributed by atoms with Gasteiger partial charge < -0.3 is 19.1 Å². The monoisotopic (exact) mass is 320 g/mol. The molecule has 0 saturated carbocycles. The Morgan fingerprint density at radius 3 is 3.13 bits per heavy atom. The van der Waals surface area contributed by atoms with E-state index in [9.17, 15) is 4.79 Å². The number of nitrogens with zero attached hydrogens (tertiary/aromatic N) is 2. The molecule has 3 atom stereocenters. The summed E-state index contributed by atoms with van der Waals surface area (Å²) < 4.78 is 16.5. The highest BCUT2D eigenvalue weighted by atomic mass is 16.5. The highest BCUT2D eigenvalue weighted by Crippen LogP contribution is 2.35. The van der Waals surface area contributed by atoms with Crippen molar-refractivity contribution in [2.45, 2.75) is 19.1 Å². The molecule has 2 aliphatic heterocycles. The van der Waals surface area contributed by atoms with Gasteiger partial charge in [0.2, 0.25) is 5.91 Å². The second kappa shape index (κ2) is 7.86. The van der Waals surface area contributed by atoms with Crippen LogP contribution in [0, 0.1) is 11.8 Å². The number of rotatable bonds is 7. The van der Waals surface area contributed by atoms with E-state index in [0.29, 0.717) is 31.6 Å². The summed E-state index contributed by atoms with van der Waals surface area (Å²) in [5, 5.41) is 0. The van der Waals surface area contributed by atoms with E-state index in [1.807, 2.05) is 23.1 Å². The first-order valence-corrected chi connectivity index (χ1v) is 8.14. The second-order valence-corrected chi connectivity index (χ2v) is 6.19. The smallest absolute Gasteiger partial charge is 0.248 e. The maximum atomic E-state index is 11.9. The fraction of sp³-hybridized carbons (Fsp3) is 0.647. The van der Waals surface area contributed by atoms with Crippen LogP contribution in [0.25, 0.3) is 0 Å². The van der Waals surface area contributed by atoms with Crippen LogP contribution in [0.15, 0.2) is 24.4 Å². The molecule has 0 aliphatic carbocycles. The van der Waals surface area contributed by atoms with Gasteiger partial charge in [-0.25, -0.2) is 0 Å². The lowest BCUT2D eigenvalue weighted by Gasteiger charge is -2.19. The Balaban J connectivity index is 1.40. The van der Waals surface area contributed by atoms with Gasteiger partial charge in [-0.15, -0.1) is 0 Å². The Morgan fingerprint density at radius 1 is 1.43 bits per heavy atom. The van der Waals surface area contributed by atoms with Crippen LogP contribution >= 0.6 is 0 Å². The van der Waals surface area contributed by atoms with Gasteiger partial charge in [0.05, 0.1) is 25.0 Å². The van der Waals surface area contributed by atoms with E-state index in [0.717, 1.165) is 25.3 Å². The second-order valence-electron chi connectivity index (χ2n) is 6.19. The summed E-state index contributed by atoms with van der Waals surface area (Å²) in [7, 11) is 1.55. The Labute approximate surface area is 136 Å². The van der Waals surface area contributed by atoms with Crippen LogP contribution in [0.2, 0.25) is 0 Å². The van der Waals surface area contributed by atoms with Gasteiger partial charge in [-0.3, -0.25) is 9.78 Å². The minimum absolute atomic E-state index is 0.0515. The quantitative estimate of drug-likeness (QED) is 0.704. The molecule has 3 heterocycles. The van der Waals surface area contributed by atoms with Crippen LogP contribution in [-0.4, -0.2) is 61.9 Å². The van der Waals surface area contributed by atoms with Crippen LogP contribution in [0.5, 0.6) is 0 Å². The number of aromatic nitrogens is 1. The molecule has 0 N–H and O–H groups in total. The molecule has 1 aromatic heterocycles. The summed E-state index contributed by atoms with van der Waals surface area (Å²) in [6, 6.07) is 5.83. The van der Waals surface area contributed by atoms with E-state index < -0.39 is 0 Å². The number of ether oxygens (including phenoxy) is 3. The number of fused-ring (bicyclic) bond motifs is 1. The lowest BCUT2D eigenvalue weighted by atomic mass is 9.91. The summed E-state index contributed by atoms with van der Waals surface area (Å²) in [6.45, 7) is 3.63. The zero-order valence-electron chi connectivity index (χ0n) is 13.5. The molecule has 126 valence electrons. The molecule has 2 fully saturated rings. The highest BCUT2D eigenvalue weighted by Gasteiger charge is 2.44. The predicted molar refractivity (Wildman–Crippen MR) is 83.7 cm³/mol. The maximum Gasteiger partial charge on any atom is 0.248 e. The average molecular weight is 320 g/mol. The lowest BCUT2D eigenvalue weighted by molar-refractivity contribution is -0.134. The van der Waals surface area contributed by atoms with Gasteiger partial charge in [-0.05, 0) is 24.5 Å². The fourth-order valence-electron chi connectivity index (χ4n) is 3.41. The zero-order chi connectivity index (χ0) is 16.1. The molecule has 2 aliphatic rings. The molecule has 0 bridgehead atoms. The number of carbonyl (C=O) groups is 1. The van der Waals surface area contributed by atoms with Crippen molar-refractivity contribution in [1.82, 2.24) is 9.88 Å². The van der Waals surface area contributed by atoms with Crippen molar-refractivity contribution < 1.29 is 19.0 Å². The normalized spacial score (nSPS) is 26.5. The molecule has 0 radical (unpaired) electrons. The topological polar surface area (TPSA) is 60.9 Å². The molecule has 6 heteroatoms. The Kier molecular flexibility index (Phi) is 5.59. The van der Waals surface area contributed by atoms with Crippen LogP contribution < -0.4 is 0 Å². The number of amides is 1. The molecule has 0 aromatic carbocycles. The molecule has 23 heavy (non-hydrogen) atoms. The van der Waals surface area contributed by atoms with Crippen molar-refractivity contribution in [2.24, 2.45) is 11.8 Å². The largest absolute Gasteiger partial charge is 0.376 e. The van der Waals surface area contributed by atoms with Gasteiger partial charge in [0.25, 0.3) is 0 Å². The summed E-state index contributed by atoms with van der Waals surface area (Å²) in [5.41, 5.74) is 0.949. The van der Waals surface area contributed by atoms with E-state index in [1.54, 1.807) is 13.3 Å². The van der Waals surface area contributed by atoms with Crippen molar-refractivity contribution >= 4 is 5.91 Å². The Morgan fingerprint density at radius 2 is 2.35 bits per heavy atom. The maximum absolute atomic E-state index is 11.9. The summed E-state index contributed by atoms with van der Waals surface area (Å²) in [4.78, 5) is 18.0. The zero-order valence-corrected chi connectivity index (χ0v) is 13.5. The van der Waals surface area contributed by atoms with Crippen molar-refractivity contribution in [3.05, 3.63) is 30.1 Å². The number of carbonyl (C=O) groups excluding carboxylic acids is 1. The molecule has 0 spiro atoms. The first kappa shape index (κ1) is 16.4. The van der Waals surface area contributed by atoms with Gasteiger partial charge in [0.1, 0.15) is 6.61 Å². The lowest BCUT2D eigenvalue weighted by Crippen LogP contribution is -2.33. The first-order chi connectivity index (χ1) is 11.3. The van der Waals surface area contributed by atoms with Crippen molar-refractivity contribution in [3.8, 4) is 0 Å². The SMILES string of the molecule is COCC(=O)N1C[C@H]2[C@@H](CCOCc3ccccn3)CO[C@H]2C1. The Bertz CT molecular complexity index is 511. The minimum atomic E-state index is 0.0515. The third-order valence-corrected chi connectivity index (χ3v) is 4.67. The summed E-state index contributed by atoms with van der Waals surface area (Å²) in [6.07, 6.45) is 2.91. The van der Waals surface area contributed by atoms with Gasteiger partial charge in [-0.2, -0.15) is 0 Å². The van der Waals surface area contributed by atoms with Crippen molar-refractivity contribution in [2.75, 3.05) is 40.0 Å². The van der Waals surface area contributed by atoms with Gasteiger partial charge in [0, 0.05) is 38.9 Å².